The minimum Gasteiger partial charge on any atom is -0.497 e. The molecule has 0 saturated carbocycles. The lowest BCUT2D eigenvalue weighted by atomic mass is 10.0. The maximum Gasteiger partial charge on any atom is 0.308 e. The van der Waals surface area contributed by atoms with Crippen molar-refractivity contribution in [3.63, 3.8) is 0 Å². The van der Waals surface area contributed by atoms with E-state index in [4.69, 9.17) is 4.74 Å². The lowest BCUT2D eigenvalue weighted by molar-refractivity contribution is -0.144. The lowest BCUT2D eigenvalue weighted by Crippen LogP contribution is -2.33. The van der Waals surface area contributed by atoms with E-state index in [0.717, 1.165) is 25.9 Å². The second kappa shape index (κ2) is 7.79. The zero-order valence-corrected chi connectivity index (χ0v) is 12.7. The summed E-state index contributed by atoms with van der Waals surface area (Å²) in [5, 5.41) is 12.0. The van der Waals surface area contributed by atoms with Crippen molar-refractivity contribution in [3.8, 4) is 5.75 Å². The van der Waals surface area contributed by atoms with Gasteiger partial charge in [-0.3, -0.25) is 9.59 Å². The minimum absolute atomic E-state index is 0.0160. The molecule has 1 unspecified atom stereocenters. The van der Waals surface area contributed by atoms with Gasteiger partial charge in [0.25, 0.3) is 0 Å². The molecule has 1 aromatic carbocycles. The number of hydrogen-bond donors (Lipinski definition) is 2. The molecule has 0 spiro atoms. The van der Waals surface area contributed by atoms with Crippen LogP contribution in [0.1, 0.15) is 19.3 Å². The number of methoxy groups -OCH3 is 1. The number of carboxylic acids is 1. The Morgan fingerprint density at radius 2 is 1.91 bits per heavy atom. The number of likely N-dealkylation sites (tertiary alicyclic amines) is 1. The van der Waals surface area contributed by atoms with Crippen molar-refractivity contribution in [2.24, 2.45) is 5.92 Å². The maximum atomic E-state index is 12.0. The highest BCUT2D eigenvalue weighted by molar-refractivity contribution is 5.93. The number of aliphatic carboxylic acids is 1. The van der Waals surface area contributed by atoms with Gasteiger partial charge in [0.05, 0.1) is 13.0 Å². The smallest absolute Gasteiger partial charge is 0.308 e. The average Bonchev–Trinajstić information content (AvgIpc) is 3.00. The highest BCUT2D eigenvalue weighted by Crippen LogP contribution is 2.17. The largest absolute Gasteiger partial charge is 0.497 e. The van der Waals surface area contributed by atoms with E-state index in [0.29, 0.717) is 18.0 Å². The highest BCUT2D eigenvalue weighted by Gasteiger charge is 2.25. The normalized spacial score (nSPS) is 16.2. The molecule has 1 amide bonds. The van der Waals surface area contributed by atoms with Crippen molar-refractivity contribution < 1.29 is 19.4 Å². The number of carboxylic acid groups (broad SMARTS) is 1. The molecule has 1 aliphatic rings. The Bertz CT molecular complexity index is 509. The Morgan fingerprint density at radius 1 is 1.27 bits per heavy atom. The van der Waals surface area contributed by atoms with Crippen LogP contribution >= 0.6 is 0 Å². The molecule has 0 aliphatic carbocycles. The van der Waals surface area contributed by atoms with Gasteiger partial charge >= 0.3 is 5.97 Å². The summed E-state index contributed by atoms with van der Waals surface area (Å²) >= 11 is 0. The van der Waals surface area contributed by atoms with Crippen LogP contribution in [0.3, 0.4) is 0 Å². The van der Waals surface area contributed by atoms with E-state index in [2.05, 4.69) is 10.2 Å². The Hall–Kier alpha value is -2.08. The Balaban J connectivity index is 1.87. The van der Waals surface area contributed by atoms with Gasteiger partial charge in [0.15, 0.2) is 0 Å². The number of carbonyl (C=O) groups excluding carboxylic acids is 1. The van der Waals surface area contributed by atoms with Gasteiger partial charge in [0, 0.05) is 18.7 Å². The van der Waals surface area contributed by atoms with Gasteiger partial charge in [-0.05, 0) is 50.2 Å². The number of nitrogens with one attached hydrogen (secondary N) is 1. The summed E-state index contributed by atoms with van der Waals surface area (Å²) < 4.78 is 5.05. The monoisotopic (exact) mass is 306 g/mol. The molecule has 120 valence electrons. The molecule has 6 nitrogen and oxygen atoms in total. The first-order valence-electron chi connectivity index (χ1n) is 7.47. The van der Waals surface area contributed by atoms with Crippen molar-refractivity contribution in [2.75, 3.05) is 32.1 Å². The van der Waals surface area contributed by atoms with E-state index in [-0.39, 0.29) is 12.3 Å². The summed E-state index contributed by atoms with van der Waals surface area (Å²) in [5.41, 5.74) is 0.635. The second-order valence-electron chi connectivity index (χ2n) is 5.52. The van der Waals surface area contributed by atoms with Crippen molar-refractivity contribution in [3.05, 3.63) is 24.3 Å². The zero-order valence-electron chi connectivity index (χ0n) is 12.7. The van der Waals surface area contributed by atoms with E-state index in [1.165, 1.54) is 0 Å². The lowest BCUT2D eigenvalue weighted by Gasteiger charge is -2.20. The van der Waals surface area contributed by atoms with E-state index in [9.17, 15) is 14.7 Å². The number of carbonyl (C=O) groups is 2. The van der Waals surface area contributed by atoms with Gasteiger partial charge in [-0.2, -0.15) is 0 Å². The van der Waals surface area contributed by atoms with Crippen LogP contribution in [-0.2, 0) is 9.59 Å². The summed E-state index contributed by atoms with van der Waals surface area (Å²) in [4.78, 5) is 25.5. The molecule has 1 aliphatic heterocycles. The quantitative estimate of drug-likeness (QED) is 0.803. The van der Waals surface area contributed by atoms with Gasteiger partial charge in [0.1, 0.15) is 5.75 Å². The highest BCUT2D eigenvalue weighted by atomic mass is 16.5. The summed E-state index contributed by atoms with van der Waals surface area (Å²) in [5.74, 6) is -1.17. The summed E-state index contributed by atoms with van der Waals surface area (Å²) in [6.45, 7) is 2.28. The summed E-state index contributed by atoms with van der Waals surface area (Å²) in [6.07, 6.45) is 2.19. The molecule has 1 fully saturated rings. The molecule has 2 rings (SSSR count). The van der Waals surface area contributed by atoms with E-state index in [1.54, 1.807) is 31.4 Å². The third kappa shape index (κ3) is 4.73. The molecule has 6 heteroatoms. The van der Waals surface area contributed by atoms with Crippen LogP contribution in [0.25, 0.3) is 0 Å². The Labute approximate surface area is 130 Å². The summed E-state index contributed by atoms with van der Waals surface area (Å²) in [7, 11) is 1.57. The van der Waals surface area contributed by atoms with Gasteiger partial charge in [-0.15, -0.1) is 0 Å². The Kier molecular flexibility index (Phi) is 5.77. The number of hydrogen-bond acceptors (Lipinski definition) is 4. The summed E-state index contributed by atoms with van der Waals surface area (Å²) in [6, 6.07) is 6.95. The fraction of sp³-hybridized carbons (Fsp3) is 0.500. The third-order valence-electron chi connectivity index (χ3n) is 3.83. The number of benzene rings is 1. The molecule has 1 atom stereocenters. The van der Waals surface area contributed by atoms with Gasteiger partial charge < -0.3 is 20.1 Å². The molecule has 0 radical (unpaired) electrons. The molecule has 2 N–H and O–H groups in total. The fourth-order valence-electron chi connectivity index (χ4n) is 2.62. The number of anilines is 1. The van der Waals surface area contributed by atoms with Crippen LogP contribution in [-0.4, -0.2) is 48.6 Å². The van der Waals surface area contributed by atoms with Crippen LogP contribution in [0, 0.1) is 5.92 Å². The maximum absolute atomic E-state index is 12.0. The standard InChI is InChI=1S/C16H22N2O4/c1-22-14-6-4-13(5-7-14)17-15(19)10-12(16(20)21)11-18-8-2-3-9-18/h4-7,12H,2-3,8-11H2,1H3,(H,17,19)(H,20,21). The molecule has 1 heterocycles. The van der Waals surface area contributed by atoms with Crippen LogP contribution in [0.5, 0.6) is 5.75 Å². The van der Waals surface area contributed by atoms with Gasteiger partial charge in [0.2, 0.25) is 5.91 Å². The molecular weight excluding hydrogens is 284 g/mol. The van der Waals surface area contributed by atoms with E-state index in [1.807, 2.05) is 0 Å². The molecule has 1 aromatic rings. The number of ether oxygens (including phenoxy) is 1. The van der Waals surface area contributed by atoms with E-state index >= 15 is 0 Å². The SMILES string of the molecule is COc1ccc(NC(=O)CC(CN2CCCC2)C(=O)O)cc1. The van der Waals surface area contributed by atoms with E-state index < -0.39 is 11.9 Å². The first-order valence-corrected chi connectivity index (χ1v) is 7.47. The van der Waals surface area contributed by atoms with Crippen LogP contribution in [0.2, 0.25) is 0 Å². The second-order valence-corrected chi connectivity index (χ2v) is 5.52. The van der Waals surface area contributed by atoms with Crippen molar-refractivity contribution in [2.45, 2.75) is 19.3 Å². The predicted molar refractivity (Wildman–Crippen MR) is 83.0 cm³/mol. The molecular formula is C16H22N2O4. The number of amides is 1. The first-order chi connectivity index (χ1) is 10.6. The average molecular weight is 306 g/mol. The van der Waals surface area contributed by atoms with Gasteiger partial charge in [-0.1, -0.05) is 0 Å². The molecule has 22 heavy (non-hydrogen) atoms. The van der Waals surface area contributed by atoms with Crippen LogP contribution in [0.4, 0.5) is 5.69 Å². The Morgan fingerprint density at radius 3 is 2.45 bits per heavy atom. The molecule has 0 bridgehead atoms. The minimum atomic E-state index is -0.920. The predicted octanol–water partition coefficient (Wildman–Crippen LogP) is 1.82. The third-order valence-corrected chi connectivity index (χ3v) is 3.83. The molecule has 1 saturated heterocycles. The van der Waals surface area contributed by atoms with Crippen LogP contribution < -0.4 is 10.1 Å². The van der Waals surface area contributed by atoms with Crippen molar-refractivity contribution >= 4 is 17.6 Å². The fourth-order valence-corrected chi connectivity index (χ4v) is 2.62. The number of nitrogens with zero attached hydrogens (tertiary/aromatic N) is 1. The van der Waals surface area contributed by atoms with Crippen molar-refractivity contribution in [1.82, 2.24) is 4.90 Å². The number of rotatable bonds is 7. The zero-order chi connectivity index (χ0) is 15.9. The van der Waals surface area contributed by atoms with Crippen LogP contribution in [0.15, 0.2) is 24.3 Å². The topological polar surface area (TPSA) is 78.9 Å². The van der Waals surface area contributed by atoms with Crippen molar-refractivity contribution in [1.29, 1.82) is 0 Å². The first kappa shape index (κ1) is 16.3. The molecule has 0 aromatic heterocycles. The van der Waals surface area contributed by atoms with Gasteiger partial charge in [-0.25, -0.2) is 0 Å².